The van der Waals surface area contributed by atoms with Gasteiger partial charge in [-0.15, -0.1) is 0 Å². The third kappa shape index (κ3) is 5.07. The molecular weight excluding hydrogens is 366 g/mol. The van der Waals surface area contributed by atoms with Gasteiger partial charge in [0.05, 0.1) is 14.2 Å². The number of methoxy groups -OCH3 is 2. The predicted molar refractivity (Wildman–Crippen MR) is 117 cm³/mol. The topological polar surface area (TPSA) is 94.3 Å². The molecule has 1 aromatic heterocycles. The third-order valence-corrected chi connectivity index (χ3v) is 4.66. The van der Waals surface area contributed by atoms with Gasteiger partial charge in [0.25, 0.3) is 0 Å². The Kier molecular flexibility index (Phi) is 6.73. The zero-order valence-corrected chi connectivity index (χ0v) is 17.0. The minimum absolute atomic E-state index is 0.486. The van der Waals surface area contributed by atoms with Crippen LogP contribution in [-0.2, 0) is 12.8 Å². The molecule has 0 spiro atoms. The van der Waals surface area contributed by atoms with E-state index in [4.69, 9.17) is 15.2 Å². The molecule has 29 heavy (non-hydrogen) atoms. The summed E-state index contributed by atoms with van der Waals surface area (Å²) < 4.78 is 10.6. The standard InChI is InChI=1S/C22H27N5O2/c1-4-15-5-8-17(9-6-15)27-22-20(23)21(25-14-26-22)24-12-11-16-7-10-18(28-2)19(13-16)29-3/h5-10,13-14H,4,11-12,23H2,1-3H3,(H2,24,25,26,27). The Balaban J connectivity index is 1.63. The largest absolute Gasteiger partial charge is 0.493 e. The molecule has 7 heteroatoms. The first-order valence-corrected chi connectivity index (χ1v) is 9.55. The SMILES string of the molecule is CCc1ccc(Nc2ncnc(NCCc3ccc(OC)c(OC)c3)c2N)cc1. The maximum absolute atomic E-state index is 6.26. The summed E-state index contributed by atoms with van der Waals surface area (Å²) in [7, 11) is 3.26. The average molecular weight is 393 g/mol. The van der Waals surface area contributed by atoms with Crippen LogP contribution in [-0.4, -0.2) is 30.7 Å². The molecule has 2 aromatic carbocycles. The van der Waals surface area contributed by atoms with Crippen molar-refractivity contribution in [2.75, 3.05) is 37.1 Å². The number of aromatic nitrogens is 2. The first-order valence-electron chi connectivity index (χ1n) is 9.55. The highest BCUT2D eigenvalue weighted by molar-refractivity contribution is 5.77. The van der Waals surface area contributed by atoms with Gasteiger partial charge in [0.2, 0.25) is 0 Å². The molecule has 0 atom stereocenters. The summed E-state index contributed by atoms with van der Waals surface area (Å²) in [5.41, 5.74) is 10.1. The fourth-order valence-electron chi connectivity index (χ4n) is 2.96. The second-order valence-electron chi connectivity index (χ2n) is 6.53. The molecule has 0 aliphatic carbocycles. The number of hydrogen-bond acceptors (Lipinski definition) is 7. The molecule has 0 aliphatic heterocycles. The lowest BCUT2D eigenvalue weighted by molar-refractivity contribution is 0.354. The van der Waals surface area contributed by atoms with Crippen LogP contribution in [0.2, 0.25) is 0 Å². The van der Waals surface area contributed by atoms with E-state index in [0.29, 0.717) is 35.4 Å². The van der Waals surface area contributed by atoms with E-state index in [-0.39, 0.29) is 0 Å². The van der Waals surface area contributed by atoms with E-state index in [1.165, 1.54) is 11.9 Å². The van der Waals surface area contributed by atoms with Crippen LogP contribution in [0, 0.1) is 0 Å². The first kappa shape index (κ1) is 20.3. The monoisotopic (exact) mass is 393 g/mol. The van der Waals surface area contributed by atoms with Crippen LogP contribution in [0.1, 0.15) is 18.1 Å². The molecule has 0 amide bonds. The number of rotatable bonds is 9. The first-order chi connectivity index (χ1) is 14.1. The van der Waals surface area contributed by atoms with Crippen LogP contribution < -0.4 is 25.8 Å². The van der Waals surface area contributed by atoms with Crippen LogP contribution in [0.5, 0.6) is 11.5 Å². The van der Waals surface area contributed by atoms with E-state index in [0.717, 1.165) is 24.1 Å². The molecule has 0 saturated carbocycles. The van der Waals surface area contributed by atoms with E-state index >= 15 is 0 Å². The van der Waals surface area contributed by atoms with Crippen LogP contribution in [0.25, 0.3) is 0 Å². The number of nitrogens with one attached hydrogen (secondary N) is 2. The summed E-state index contributed by atoms with van der Waals surface area (Å²) in [6.45, 7) is 2.80. The highest BCUT2D eigenvalue weighted by atomic mass is 16.5. The van der Waals surface area contributed by atoms with Crippen molar-refractivity contribution in [1.82, 2.24) is 9.97 Å². The summed E-state index contributed by atoms with van der Waals surface area (Å²) >= 11 is 0. The van der Waals surface area contributed by atoms with E-state index in [9.17, 15) is 0 Å². The van der Waals surface area contributed by atoms with Gasteiger partial charge in [-0.05, 0) is 48.2 Å². The Morgan fingerprint density at radius 2 is 1.59 bits per heavy atom. The Morgan fingerprint density at radius 1 is 0.897 bits per heavy atom. The smallest absolute Gasteiger partial charge is 0.160 e. The van der Waals surface area contributed by atoms with Crippen molar-refractivity contribution in [3.05, 3.63) is 59.9 Å². The summed E-state index contributed by atoms with van der Waals surface area (Å²) in [4.78, 5) is 8.54. The minimum Gasteiger partial charge on any atom is -0.493 e. The molecule has 3 aromatic rings. The summed E-state index contributed by atoms with van der Waals surface area (Å²) in [6, 6.07) is 14.1. The molecule has 0 radical (unpaired) electrons. The Labute approximate surface area is 171 Å². The van der Waals surface area contributed by atoms with Gasteiger partial charge in [-0.3, -0.25) is 0 Å². The van der Waals surface area contributed by atoms with Crippen molar-refractivity contribution in [2.24, 2.45) is 0 Å². The lowest BCUT2D eigenvalue weighted by Crippen LogP contribution is -2.11. The predicted octanol–water partition coefficient (Wildman–Crippen LogP) is 4.04. The number of nitrogens with two attached hydrogens (primary N) is 1. The van der Waals surface area contributed by atoms with Crippen molar-refractivity contribution >= 4 is 23.0 Å². The van der Waals surface area contributed by atoms with Crippen LogP contribution >= 0.6 is 0 Å². The lowest BCUT2D eigenvalue weighted by atomic mass is 10.1. The summed E-state index contributed by atoms with van der Waals surface area (Å²) in [6.07, 6.45) is 3.28. The second-order valence-corrected chi connectivity index (χ2v) is 6.53. The van der Waals surface area contributed by atoms with Crippen molar-refractivity contribution in [3.8, 4) is 11.5 Å². The number of nitrogen functional groups attached to an aromatic ring is 1. The van der Waals surface area contributed by atoms with Gasteiger partial charge < -0.3 is 25.8 Å². The van der Waals surface area contributed by atoms with Crippen LogP contribution in [0.15, 0.2) is 48.8 Å². The quantitative estimate of drug-likeness (QED) is 0.505. The molecule has 0 unspecified atom stereocenters. The van der Waals surface area contributed by atoms with E-state index in [2.05, 4.69) is 39.7 Å². The lowest BCUT2D eigenvalue weighted by Gasteiger charge is -2.13. The van der Waals surface area contributed by atoms with Crippen molar-refractivity contribution in [2.45, 2.75) is 19.8 Å². The van der Waals surface area contributed by atoms with E-state index in [1.54, 1.807) is 14.2 Å². The molecule has 1 heterocycles. The molecule has 152 valence electrons. The molecule has 0 saturated heterocycles. The highest BCUT2D eigenvalue weighted by Gasteiger charge is 2.09. The number of anilines is 4. The van der Waals surface area contributed by atoms with Crippen molar-refractivity contribution < 1.29 is 9.47 Å². The zero-order chi connectivity index (χ0) is 20.6. The maximum atomic E-state index is 6.26. The number of ether oxygens (including phenoxy) is 2. The fraction of sp³-hybridized carbons (Fsp3) is 0.273. The number of hydrogen-bond donors (Lipinski definition) is 3. The molecule has 3 rings (SSSR count). The third-order valence-electron chi connectivity index (χ3n) is 4.66. The molecule has 4 N–H and O–H groups in total. The highest BCUT2D eigenvalue weighted by Crippen LogP contribution is 2.28. The van der Waals surface area contributed by atoms with Crippen molar-refractivity contribution in [3.63, 3.8) is 0 Å². The van der Waals surface area contributed by atoms with Crippen molar-refractivity contribution in [1.29, 1.82) is 0 Å². The van der Waals surface area contributed by atoms with Gasteiger partial charge in [-0.25, -0.2) is 9.97 Å². The van der Waals surface area contributed by atoms with Gasteiger partial charge in [-0.2, -0.15) is 0 Å². The van der Waals surface area contributed by atoms with Gasteiger partial charge >= 0.3 is 0 Å². The number of benzene rings is 2. The molecular formula is C22H27N5O2. The molecule has 0 aliphatic rings. The average Bonchev–Trinajstić information content (AvgIpc) is 2.76. The van der Waals surface area contributed by atoms with Gasteiger partial charge in [0, 0.05) is 12.2 Å². The zero-order valence-electron chi connectivity index (χ0n) is 17.0. The molecule has 0 fully saturated rings. The van der Waals surface area contributed by atoms with Crippen LogP contribution in [0.3, 0.4) is 0 Å². The summed E-state index contributed by atoms with van der Waals surface area (Å²) in [5.74, 6) is 2.62. The normalized spacial score (nSPS) is 10.4. The Morgan fingerprint density at radius 3 is 2.28 bits per heavy atom. The Hall–Kier alpha value is -3.48. The molecule has 0 bridgehead atoms. The van der Waals surface area contributed by atoms with Gasteiger partial charge in [0.1, 0.15) is 12.0 Å². The fourth-order valence-corrected chi connectivity index (χ4v) is 2.96. The Bertz CT molecular complexity index is 944. The van der Waals surface area contributed by atoms with Gasteiger partial charge in [-0.1, -0.05) is 25.1 Å². The second kappa shape index (κ2) is 9.64. The summed E-state index contributed by atoms with van der Waals surface area (Å²) in [5, 5.41) is 6.54. The van der Waals surface area contributed by atoms with Gasteiger partial charge in [0.15, 0.2) is 23.1 Å². The molecule has 7 nitrogen and oxygen atoms in total. The maximum Gasteiger partial charge on any atom is 0.160 e. The number of aryl methyl sites for hydroxylation is 1. The van der Waals surface area contributed by atoms with E-state index < -0.39 is 0 Å². The number of nitrogens with zero attached hydrogens (tertiary/aromatic N) is 2. The van der Waals surface area contributed by atoms with E-state index in [1.807, 2.05) is 30.3 Å². The minimum atomic E-state index is 0.486. The van der Waals surface area contributed by atoms with Crippen LogP contribution in [0.4, 0.5) is 23.0 Å².